The summed E-state index contributed by atoms with van der Waals surface area (Å²) in [5.74, 6) is 2.29. The number of nitrogens with zero attached hydrogens (tertiary/aromatic N) is 1. The summed E-state index contributed by atoms with van der Waals surface area (Å²) >= 11 is 0. The topological polar surface area (TPSA) is 126 Å². The summed E-state index contributed by atoms with van der Waals surface area (Å²) in [5.41, 5.74) is 15.6. The monoisotopic (exact) mass is 328 g/mol. The third kappa shape index (κ3) is 15.9. The third-order valence-electron chi connectivity index (χ3n) is 1.52. The first-order chi connectivity index (χ1) is 8.63. The molecule has 0 aromatic rings. The van der Waals surface area contributed by atoms with E-state index in [1.807, 2.05) is 21.6 Å². The second-order valence-corrected chi connectivity index (χ2v) is 9.37. The summed E-state index contributed by atoms with van der Waals surface area (Å²) in [7, 11) is 7.17. The Balaban J connectivity index is 3.03. The van der Waals surface area contributed by atoms with Crippen molar-refractivity contribution in [3.8, 4) is 0 Å². The Hall–Kier alpha value is -0.0600. The van der Waals surface area contributed by atoms with E-state index in [9.17, 15) is 0 Å². The second kappa shape index (κ2) is 13.4. The van der Waals surface area contributed by atoms with Crippen molar-refractivity contribution in [2.75, 3.05) is 24.6 Å². The molecule has 0 saturated carbocycles. The maximum absolute atomic E-state index is 6.97. The van der Waals surface area contributed by atoms with Crippen molar-refractivity contribution in [3.05, 3.63) is 0 Å². The lowest BCUT2D eigenvalue weighted by molar-refractivity contribution is 0.838. The molecule has 0 heterocycles. The molecule has 0 radical (unpaired) electrons. The van der Waals surface area contributed by atoms with Crippen LogP contribution in [0, 0.1) is 5.41 Å². The van der Waals surface area contributed by atoms with Crippen molar-refractivity contribution in [3.63, 3.8) is 0 Å². The van der Waals surface area contributed by atoms with Crippen LogP contribution >= 0.6 is 41.2 Å². The van der Waals surface area contributed by atoms with Crippen molar-refractivity contribution in [1.82, 2.24) is 5.32 Å². The minimum Gasteiger partial charge on any atom is -0.370 e. The SMILES string of the molecule is N=C(N)NCCCSSSSCCCN=C(N)N. The first kappa shape index (κ1) is 17.9. The van der Waals surface area contributed by atoms with Gasteiger partial charge in [0.05, 0.1) is 0 Å². The number of hydrogen-bond donors (Lipinski definition) is 5. The zero-order valence-electron chi connectivity index (χ0n) is 10.1. The van der Waals surface area contributed by atoms with Crippen LogP contribution in [-0.4, -0.2) is 36.5 Å². The fourth-order valence-corrected chi connectivity index (χ4v) is 6.92. The fourth-order valence-electron chi connectivity index (χ4n) is 0.793. The number of nitrogens with one attached hydrogen (secondary N) is 2. The predicted molar refractivity (Wildman–Crippen MR) is 89.9 cm³/mol. The largest absolute Gasteiger partial charge is 0.370 e. The van der Waals surface area contributed by atoms with Crippen LogP contribution in [0.5, 0.6) is 0 Å². The van der Waals surface area contributed by atoms with E-state index < -0.39 is 0 Å². The van der Waals surface area contributed by atoms with Crippen LogP contribution in [0.25, 0.3) is 0 Å². The van der Waals surface area contributed by atoms with Gasteiger partial charge in [-0.1, -0.05) is 21.6 Å². The van der Waals surface area contributed by atoms with E-state index in [-0.39, 0.29) is 11.9 Å². The van der Waals surface area contributed by atoms with Gasteiger partial charge in [-0.05, 0) is 32.5 Å². The molecule has 0 amide bonds. The van der Waals surface area contributed by atoms with Gasteiger partial charge in [0, 0.05) is 24.6 Å². The van der Waals surface area contributed by atoms with Crippen LogP contribution in [-0.2, 0) is 0 Å². The first-order valence-corrected chi connectivity index (χ1v) is 10.5. The Bertz CT molecular complexity index is 246. The summed E-state index contributed by atoms with van der Waals surface area (Å²) in [6, 6.07) is 0. The molecular formula is C8H20N6S4. The van der Waals surface area contributed by atoms with Crippen molar-refractivity contribution in [2.45, 2.75) is 12.8 Å². The summed E-state index contributed by atoms with van der Waals surface area (Å²) in [6.45, 7) is 1.46. The van der Waals surface area contributed by atoms with Gasteiger partial charge in [-0.3, -0.25) is 10.4 Å². The predicted octanol–water partition coefficient (Wildman–Crippen LogP) is 1.20. The van der Waals surface area contributed by atoms with Gasteiger partial charge in [0.15, 0.2) is 11.9 Å². The van der Waals surface area contributed by atoms with Gasteiger partial charge in [0.25, 0.3) is 0 Å². The zero-order valence-corrected chi connectivity index (χ0v) is 13.3. The molecule has 6 nitrogen and oxygen atoms in total. The highest BCUT2D eigenvalue weighted by Crippen LogP contribution is 2.43. The minimum atomic E-state index is 0.0401. The first-order valence-electron chi connectivity index (χ1n) is 5.34. The molecule has 0 aliphatic rings. The van der Waals surface area contributed by atoms with Crippen LogP contribution in [0.4, 0.5) is 0 Å². The van der Waals surface area contributed by atoms with Crippen LogP contribution < -0.4 is 22.5 Å². The average Bonchev–Trinajstić information content (AvgIpc) is 2.29. The van der Waals surface area contributed by atoms with Gasteiger partial charge in [-0.25, -0.2) is 0 Å². The van der Waals surface area contributed by atoms with E-state index in [4.69, 9.17) is 22.6 Å². The van der Waals surface area contributed by atoms with Gasteiger partial charge >= 0.3 is 0 Å². The molecule has 0 atom stereocenters. The number of nitrogens with two attached hydrogens (primary N) is 3. The maximum Gasteiger partial charge on any atom is 0.185 e. The van der Waals surface area contributed by atoms with E-state index in [2.05, 4.69) is 10.3 Å². The van der Waals surface area contributed by atoms with E-state index in [1.54, 1.807) is 19.7 Å². The lowest BCUT2D eigenvalue weighted by atomic mass is 10.5. The van der Waals surface area contributed by atoms with E-state index in [0.717, 1.165) is 30.9 Å². The van der Waals surface area contributed by atoms with Crippen molar-refractivity contribution in [1.29, 1.82) is 5.41 Å². The molecule has 0 aliphatic carbocycles. The molecular weight excluding hydrogens is 308 g/mol. The molecule has 0 bridgehead atoms. The molecule has 18 heavy (non-hydrogen) atoms. The zero-order chi connectivity index (χ0) is 13.6. The van der Waals surface area contributed by atoms with E-state index >= 15 is 0 Å². The molecule has 0 aromatic carbocycles. The van der Waals surface area contributed by atoms with Gasteiger partial charge in [0.1, 0.15) is 0 Å². The van der Waals surface area contributed by atoms with Gasteiger partial charge in [-0.15, -0.1) is 0 Å². The van der Waals surface area contributed by atoms with Gasteiger partial charge in [-0.2, -0.15) is 0 Å². The number of aliphatic imine (C=N–C) groups is 1. The molecule has 0 saturated heterocycles. The summed E-state index contributed by atoms with van der Waals surface area (Å²) in [6.07, 6.45) is 2.00. The summed E-state index contributed by atoms with van der Waals surface area (Å²) in [5, 5.41) is 9.74. The second-order valence-electron chi connectivity index (χ2n) is 3.13. The standard InChI is InChI=1S/C8H20N6S4/c9-7(10)13-3-1-5-15-17-18-16-6-2-4-14-8(11)12/h1-6H2,(H4,9,10,13)(H4,11,12,14). The van der Waals surface area contributed by atoms with Gasteiger partial charge in [0.2, 0.25) is 0 Å². The number of guanidine groups is 2. The van der Waals surface area contributed by atoms with Crippen LogP contribution in [0.2, 0.25) is 0 Å². The lowest BCUT2D eigenvalue weighted by Crippen LogP contribution is -2.31. The summed E-state index contributed by atoms with van der Waals surface area (Å²) in [4.78, 5) is 3.91. The maximum atomic E-state index is 6.97. The molecule has 0 unspecified atom stereocenters. The Morgan fingerprint density at radius 3 is 2.22 bits per heavy atom. The van der Waals surface area contributed by atoms with Crippen LogP contribution in [0.1, 0.15) is 12.8 Å². The molecule has 0 aromatic heterocycles. The van der Waals surface area contributed by atoms with Gasteiger partial charge < -0.3 is 22.5 Å². The van der Waals surface area contributed by atoms with Crippen molar-refractivity contribution < 1.29 is 0 Å². The Kier molecular flexibility index (Phi) is 13.3. The fraction of sp³-hybridized carbons (Fsp3) is 0.750. The highest BCUT2D eigenvalue weighted by atomic mass is 33.7. The average molecular weight is 329 g/mol. The Labute approximate surface area is 123 Å². The number of rotatable bonds is 11. The molecule has 10 heteroatoms. The molecule has 0 fully saturated rings. The quantitative estimate of drug-likeness (QED) is 0.166. The highest BCUT2D eigenvalue weighted by Gasteiger charge is 1.94. The number of hydrogen-bond acceptors (Lipinski definition) is 6. The molecule has 106 valence electrons. The molecule has 0 aliphatic heterocycles. The van der Waals surface area contributed by atoms with Crippen LogP contribution in [0.3, 0.4) is 0 Å². The van der Waals surface area contributed by atoms with E-state index in [1.165, 1.54) is 0 Å². The molecule has 0 spiro atoms. The molecule has 8 N–H and O–H groups in total. The Morgan fingerprint density at radius 1 is 1.06 bits per heavy atom. The summed E-state index contributed by atoms with van der Waals surface area (Å²) < 4.78 is 0. The smallest absolute Gasteiger partial charge is 0.185 e. The Morgan fingerprint density at radius 2 is 1.67 bits per heavy atom. The van der Waals surface area contributed by atoms with Crippen molar-refractivity contribution >= 4 is 53.2 Å². The lowest BCUT2D eigenvalue weighted by Gasteiger charge is -2.02. The highest BCUT2D eigenvalue weighted by molar-refractivity contribution is 9.26. The van der Waals surface area contributed by atoms with Crippen LogP contribution in [0.15, 0.2) is 4.99 Å². The third-order valence-corrected chi connectivity index (χ3v) is 8.16. The molecule has 0 rings (SSSR count). The van der Waals surface area contributed by atoms with E-state index in [0.29, 0.717) is 6.54 Å². The normalized spacial score (nSPS) is 10.0. The minimum absolute atomic E-state index is 0.0401. The van der Waals surface area contributed by atoms with Crippen molar-refractivity contribution in [2.24, 2.45) is 22.2 Å².